The highest BCUT2D eigenvalue weighted by Gasteiger charge is 2.29. The first kappa shape index (κ1) is 18.5. The lowest BCUT2D eigenvalue weighted by molar-refractivity contribution is -0.130. The fraction of sp³-hybridized carbons (Fsp3) is 0.944. The van der Waals surface area contributed by atoms with E-state index in [9.17, 15) is 4.79 Å². The summed E-state index contributed by atoms with van der Waals surface area (Å²) in [5.74, 6) is 1.06. The molecule has 1 aliphatic heterocycles. The molecule has 1 amide bonds. The number of hydrogen-bond acceptors (Lipinski definition) is 2. The van der Waals surface area contributed by atoms with Crippen molar-refractivity contribution in [3.63, 3.8) is 0 Å². The molecule has 0 aromatic rings. The van der Waals surface area contributed by atoms with Crippen molar-refractivity contribution in [1.82, 2.24) is 10.2 Å². The molecule has 1 rings (SSSR count). The summed E-state index contributed by atoms with van der Waals surface area (Å²) >= 11 is 0. The molecule has 124 valence electrons. The zero-order valence-corrected chi connectivity index (χ0v) is 14.9. The lowest BCUT2D eigenvalue weighted by Gasteiger charge is -2.29. The second-order valence-corrected chi connectivity index (χ2v) is 7.73. The average Bonchev–Trinajstić information content (AvgIpc) is 2.57. The first-order valence-electron chi connectivity index (χ1n) is 8.85. The Kier molecular flexibility index (Phi) is 7.72. The third kappa shape index (κ3) is 6.82. The van der Waals surface area contributed by atoms with Gasteiger partial charge in [-0.15, -0.1) is 0 Å². The van der Waals surface area contributed by atoms with Gasteiger partial charge in [-0.1, -0.05) is 34.1 Å². The SMILES string of the molecule is CCNC(C)CCCCN1CCC(C(C)(C)C)CCC1=O. The fourth-order valence-corrected chi connectivity index (χ4v) is 3.34. The number of amides is 1. The molecule has 1 N–H and O–H groups in total. The normalized spacial score (nSPS) is 22.2. The van der Waals surface area contributed by atoms with Crippen LogP contribution in [0.4, 0.5) is 0 Å². The number of likely N-dealkylation sites (tertiary alicyclic amines) is 1. The Morgan fingerprint density at radius 2 is 2.00 bits per heavy atom. The van der Waals surface area contributed by atoms with E-state index in [1.54, 1.807) is 0 Å². The van der Waals surface area contributed by atoms with E-state index < -0.39 is 0 Å². The van der Waals surface area contributed by atoms with Crippen LogP contribution < -0.4 is 5.32 Å². The highest BCUT2D eigenvalue weighted by Crippen LogP contribution is 2.34. The van der Waals surface area contributed by atoms with Gasteiger partial charge in [-0.05, 0) is 50.5 Å². The van der Waals surface area contributed by atoms with Crippen LogP contribution in [0.5, 0.6) is 0 Å². The van der Waals surface area contributed by atoms with Gasteiger partial charge in [0.05, 0.1) is 0 Å². The Morgan fingerprint density at radius 3 is 2.62 bits per heavy atom. The maximum Gasteiger partial charge on any atom is 0.222 e. The molecule has 21 heavy (non-hydrogen) atoms. The molecule has 1 fully saturated rings. The molecule has 1 aliphatic rings. The van der Waals surface area contributed by atoms with Crippen molar-refractivity contribution >= 4 is 5.91 Å². The van der Waals surface area contributed by atoms with Gasteiger partial charge < -0.3 is 10.2 Å². The number of nitrogens with zero attached hydrogens (tertiary/aromatic N) is 1. The third-order valence-electron chi connectivity index (χ3n) is 4.90. The van der Waals surface area contributed by atoms with Crippen LogP contribution in [-0.2, 0) is 4.79 Å². The molecule has 3 nitrogen and oxygen atoms in total. The van der Waals surface area contributed by atoms with Crippen LogP contribution in [0, 0.1) is 11.3 Å². The molecule has 0 bridgehead atoms. The minimum absolute atomic E-state index is 0.331. The van der Waals surface area contributed by atoms with Crippen LogP contribution in [0.15, 0.2) is 0 Å². The largest absolute Gasteiger partial charge is 0.343 e. The summed E-state index contributed by atoms with van der Waals surface area (Å²) in [6.45, 7) is 14.3. The first-order chi connectivity index (χ1) is 9.84. The maximum absolute atomic E-state index is 12.2. The molecule has 0 aromatic heterocycles. The molecule has 1 heterocycles. The van der Waals surface area contributed by atoms with Crippen molar-refractivity contribution in [2.24, 2.45) is 11.3 Å². The van der Waals surface area contributed by atoms with Gasteiger partial charge in [0, 0.05) is 25.6 Å². The predicted octanol–water partition coefficient (Wildman–Crippen LogP) is 3.83. The van der Waals surface area contributed by atoms with E-state index in [4.69, 9.17) is 0 Å². The standard InChI is InChI=1S/C18H36N2O/c1-6-19-15(2)9-7-8-13-20-14-12-16(18(3,4)5)10-11-17(20)21/h15-16,19H,6-14H2,1-5H3. The highest BCUT2D eigenvalue weighted by atomic mass is 16.2. The summed E-state index contributed by atoms with van der Waals surface area (Å²) in [6, 6.07) is 0.597. The molecule has 2 unspecified atom stereocenters. The van der Waals surface area contributed by atoms with Crippen molar-refractivity contribution in [3.05, 3.63) is 0 Å². The topological polar surface area (TPSA) is 32.3 Å². The zero-order valence-electron chi connectivity index (χ0n) is 14.9. The van der Waals surface area contributed by atoms with E-state index in [0.717, 1.165) is 38.9 Å². The Bertz CT molecular complexity index is 309. The molecular weight excluding hydrogens is 260 g/mol. The quantitative estimate of drug-likeness (QED) is 0.724. The van der Waals surface area contributed by atoms with Crippen LogP contribution in [0.25, 0.3) is 0 Å². The van der Waals surface area contributed by atoms with Gasteiger partial charge in [0.1, 0.15) is 0 Å². The zero-order chi connectivity index (χ0) is 15.9. The monoisotopic (exact) mass is 296 g/mol. The van der Waals surface area contributed by atoms with Gasteiger partial charge in [-0.2, -0.15) is 0 Å². The van der Waals surface area contributed by atoms with Crippen molar-refractivity contribution in [2.75, 3.05) is 19.6 Å². The maximum atomic E-state index is 12.2. The highest BCUT2D eigenvalue weighted by molar-refractivity contribution is 5.76. The third-order valence-corrected chi connectivity index (χ3v) is 4.90. The van der Waals surface area contributed by atoms with Crippen molar-refractivity contribution < 1.29 is 4.79 Å². The molecular formula is C18H36N2O. The Labute approximate surface area is 131 Å². The molecule has 3 heteroatoms. The van der Waals surface area contributed by atoms with E-state index >= 15 is 0 Å². The summed E-state index contributed by atoms with van der Waals surface area (Å²) in [5, 5.41) is 3.44. The minimum atomic E-state index is 0.331. The molecule has 0 spiro atoms. The minimum Gasteiger partial charge on any atom is -0.343 e. The lowest BCUT2D eigenvalue weighted by Crippen LogP contribution is -2.32. The van der Waals surface area contributed by atoms with Gasteiger partial charge >= 0.3 is 0 Å². The van der Waals surface area contributed by atoms with E-state index in [1.807, 2.05) is 0 Å². The van der Waals surface area contributed by atoms with Gasteiger partial charge in [-0.25, -0.2) is 0 Å². The molecule has 2 atom stereocenters. The number of rotatable bonds is 7. The Balaban J connectivity index is 2.30. The molecule has 0 radical (unpaired) electrons. The van der Waals surface area contributed by atoms with Crippen LogP contribution in [-0.4, -0.2) is 36.5 Å². The summed E-state index contributed by atoms with van der Waals surface area (Å²) in [5.41, 5.74) is 0.331. The Hall–Kier alpha value is -0.570. The second kappa shape index (κ2) is 8.77. The van der Waals surface area contributed by atoms with E-state index in [-0.39, 0.29) is 0 Å². The predicted molar refractivity (Wildman–Crippen MR) is 90.4 cm³/mol. The van der Waals surface area contributed by atoms with Gasteiger partial charge in [0.2, 0.25) is 5.91 Å². The number of hydrogen-bond donors (Lipinski definition) is 1. The van der Waals surface area contributed by atoms with Crippen molar-refractivity contribution in [1.29, 1.82) is 0 Å². The van der Waals surface area contributed by atoms with Gasteiger partial charge in [-0.3, -0.25) is 4.79 Å². The van der Waals surface area contributed by atoms with Crippen LogP contribution in [0.1, 0.15) is 73.1 Å². The summed E-state index contributed by atoms with van der Waals surface area (Å²) < 4.78 is 0. The fourth-order valence-electron chi connectivity index (χ4n) is 3.34. The van der Waals surface area contributed by atoms with E-state index in [2.05, 4.69) is 44.8 Å². The summed E-state index contributed by atoms with van der Waals surface area (Å²) in [7, 11) is 0. The smallest absolute Gasteiger partial charge is 0.222 e. The molecule has 0 saturated carbocycles. The average molecular weight is 296 g/mol. The number of unbranched alkanes of at least 4 members (excludes halogenated alkanes) is 1. The molecule has 1 saturated heterocycles. The van der Waals surface area contributed by atoms with Crippen molar-refractivity contribution in [2.45, 2.75) is 79.2 Å². The Morgan fingerprint density at radius 1 is 1.29 bits per heavy atom. The number of carbonyl (C=O) groups is 1. The number of carbonyl (C=O) groups excluding carboxylic acids is 1. The van der Waals surface area contributed by atoms with Crippen LogP contribution in [0.3, 0.4) is 0 Å². The van der Waals surface area contributed by atoms with Crippen molar-refractivity contribution in [3.8, 4) is 0 Å². The summed E-state index contributed by atoms with van der Waals surface area (Å²) in [6.07, 6.45) is 6.54. The lowest BCUT2D eigenvalue weighted by atomic mass is 9.77. The molecule has 0 aliphatic carbocycles. The molecule has 0 aromatic carbocycles. The first-order valence-corrected chi connectivity index (χ1v) is 8.85. The van der Waals surface area contributed by atoms with Gasteiger partial charge in [0.25, 0.3) is 0 Å². The van der Waals surface area contributed by atoms with E-state index in [0.29, 0.717) is 23.3 Å². The van der Waals surface area contributed by atoms with Crippen LogP contribution in [0.2, 0.25) is 0 Å². The second-order valence-electron chi connectivity index (χ2n) is 7.73. The summed E-state index contributed by atoms with van der Waals surface area (Å²) in [4.78, 5) is 14.3. The van der Waals surface area contributed by atoms with E-state index in [1.165, 1.54) is 19.3 Å². The van der Waals surface area contributed by atoms with Crippen LogP contribution >= 0.6 is 0 Å². The number of nitrogens with one attached hydrogen (secondary N) is 1. The van der Waals surface area contributed by atoms with Gasteiger partial charge in [0.15, 0.2) is 0 Å².